The van der Waals surface area contributed by atoms with Crippen molar-refractivity contribution in [3.63, 3.8) is 0 Å². The minimum Gasteiger partial charge on any atom is -0.446 e. The molecule has 0 spiro atoms. The lowest BCUT2D eigenvalue weighted by molar-refractivity contribution is 0.0604. The minimum atomic E-state index is -1.07. The first-order chi connectivity index (χ1) is 14.8. The average molecular weight is 421 g/mol. The van der Waals surface area contributed by atoms with Crippen LogP contribution < -0.4 is 0 Å². The fraction of sp³-hybridized carbons (Fsp3) is 0.417. The topological polar surface area (TPSA) is 92.4 Å². The lowest BCUT2D eigenvalue weighted by Crippen LogP contribution is -2.45. The molecule has 0 saturated carbocycles. The van der Waals surface area contributed by atoms with E-state index in [4.69, 9.17) is 4.42 Å². The van der Waals surface area contributed by atoms with Gasteiger partial charge in [-0.2, -0.15) is 0 Å². The van der Waals surface area contributed by atoms with Crippen LogP contribution in [-0.2, 0) is 12.0 Å². The van der Waals surface area contributed by atoms with Gasteiger partial charge < -0.3 is 14.4 Å². The number of aliphatic hydroxyl groups is 1. The summed E-state index contributed by atoms with van der Waals surface area (Å²) in [5.41, 5.74) is 0.806. The molecule has 162 valence electrons. The highest BCUT2D eigenvalue weighted by Gasteiger charge is 2.32. The standard InChI is InChI=1S/C24H28N4O3/c1-16-21(24(2,3)30)27-20(31-16)15-17-9-6-7-14-28(17)23(29)19-11-5-4-10-18(19)22-25-12-8-13-26-22/h4-5,8,10-13,17,30H,6-7,9,14-15H2,1-3H3/t17-/m1/s1. The largest absolute Gasteiger partial charge is 0.446 e. The van der Waals surface area contributed by atoms with Gasteiger partial charge in [-0.1, -0.05) is 18.2 Å². The summed E-state index contributed by atoms with van der Waals surface area (Å²) in [6.07, 6.45) is 6.78. The molecule has 1 aliphatic heterocycles. The lowest BCUT2D eigenvalue weighted by atomic mass is 9.96. The lowest BCUT2D eigenvalue weighted by Gasteiger charge is -2.35. The Bertz CT molecular complexity index is 1060. The number of carbonyl (C=O) groups is 1. The first-order valence-corrected chi connectivity index (χ1v) is 10.7. The summed E-state index contributed by atoms with van der Waals surface area (Å²) in [5.74, 6) is 1.68. The minimum absolute atomic E-state index is 0.0151. The summed E-state index contributed by atoms with van der Waals surface area (Å²) >= 11 is 0. The van der Waals surface area contributed by atoms with Gasteiger partial charge in [0.05, 0.1) is 5.56 Å². The molecule has 0 radical (unpaired) electrons. The molecule has 0 bridgehead atoms. The number of likely N-dealkylation sites (tertiary alicyclic amines) is 1. The average Bonchev–Trinajstić information content (AvgIpc) is 3.15. The van der Waals surface area contributed by atoms with Gasteiger partial charge in [0.2, 0.25) is 0 Å². The zero-order chi connectivity index (χ0) is 22.0. The smallest absolute Gasteiger partial charge is 0.254 e. The van der Waals surface area contributed by atoms with Crippen LogP contribution in [0, 0.1) is 6.92 Å². The van der Waals surface area contributed by atoms with E-state index in [1.54, 1.807) is 32.3 Å². The predicted molar refractivity (Wildman–Crippen MR) is 116 cm³/mol. The van der Waals surface area contributed by atoms with Gasteiger partial charge in [0.25, 0.3) is 5.91 Å². The van der Waals surface area contributed by atoms with E-state index < -0.39 is 5.60 Å². The van der Waals surface area contributed by atoms with Crippen molar-refractivity contribution >= 4 is 5.91 Å². The second-order valence-corrected chi connectivity index (χ2v) is 8.54. The number of carbonyl (C=O) groups excluding carboxylic acids is 1. The molecule has 1 aromatic carbocycles. The Morgan fingerprint density at radius 2 is 1.94 bits per heavy atom. The van der Waals surface area contributed by atoms with Gasteiger partial charge >= 0.3 is 0 Å². The molecule has 1 fully saturated rings. The highest BCUT2D eigenvalue weighted by molar-refractivity contribution is 6.00. The number of rotatable bonds is 5. The van der Waals surface area contributed by atoms with Crippen LogP contribution in [-0.4, -0.2) is 43.5 Å². The maximum atomic E-state index is 13.6. The molecular formula is C24H28N4O3. The number of nitrogens with zero attached hydrogens (tertiary/aromatic N) is 4. The zero-order valence-electron chi connectivity index (χ0n) is 18.2. The third-order valence-electron chi connectivity index (χ3n) is 5.68. The molecule has 1 atom stereocenters. The second-order valence-electron chi connectivity index (χ2n) is 8.54. The van der Waals surface area contributed by atoms with Crippen molar-refractivity contribution in [2.24, 2.45) is 0 Å². The molecule has 1 saturated heterocycles. The van der Waals surface area contributed by atoms with E-state index in [0.717, 1.165) is 24.8 Å². The number of oxazole rings is 1. The van der Waals surface area contributed by atoms with Crippen molar-refractivity contribution in [3.8, 4) is 11.4 Å². The summed E-state index contributed by atoms with van der Waals surface area (Å²) in [5, 5.41) is 10.3. The molecule has 7 nitrogen and oxygen atoms in total. The monoisotopic (exact) mass is 420 g/mol. The van der Waals surface area contributed by atoms with E-state index >= 15 is 0 Å². The highest BCUT2D eigenvalue weighted by Crippen LogP contribution is 2.29. The highest BCUT2D eigenvalue weighted by atomic mass is 16.4. The molecule has 2 aromatic heterocycles. The van der Waals surface area contributed by atoms with Gasteiger partial charge in [-0.25, -0.2) is 15.0 Å². The van der Waals surface area contributed by atoms with Gasteiger partial charge in [0, 0.05) is 37.0 Å². The van der Waals surface area contributed by atoms with E-state index in [1.165, 1.54) is 0 Å². The molecule has 0 unspecified atom stereocenters. The molecule has 3 heterocycles. The van der Waals surface area contributed by atoms with Crippen molar-refractivity contribution < 1.29 is 14.3 Å². The van der Waals surface area contributed by atoms with E-state index in [9.17, 15) is 9.90 Å². The summed E-state index contributed by atoms with van der Waals surface area (Å²) < 4.78 is 5.84. The number of aryl methyl sites for hydroxylation is 1. The molecule has 3 aromatic rings. The van der Waals surface area contributed by atoms with Crippen LogP contribution in [0.15, 0.2) is 47.1 Å². The van der Waals surface area contributed by atoms with E-state index in [0.29, 0.717) is 41.7 Å². The van der Waals surface area contributed by atoms with E-state index in [-0.39, 0.29) is 11.9 Å². The maximum absolute atomic E-state index is 13.6. The number of piperidine rings is 1. The van der Waals surface area contributed by atoms with Crippen LogP contribution in [0.2, 0.25) is 0 Å². The quantitative estimate of drug-likeness (QED) is 0.673. The van der Waals surface area contributed by atoms with E-state index in [1.807, 2.05) is 36.1 Å². The van der Waals surface area contributed by atoms with Crippen LogP contribution in [0.1, 0.15) is 60.8 Å². The number of hydrogen-bond acceptors (Lipinski definition) is 6. The molecule has 31 heavy (non-hydrogen) atoms. The molecule has 1 amide bonds. The van der Waals surface area contributed by atoms with Crippen LogP contribution in [0.5, 0.6) is 0 Å². The van der Waals surface area contributed by atoms with Crippen molar-refractivity contribution in [3.05, 3.63) is 65.6 Å². The summed E-state index contributed by atoms with van der Waals surface area (Å²) in [4.78, 5) is 28.7. The molecule has 7 heteroatoms. The van der Waals surface area contributed by atoms with Crippen LogP contribution >= 0.6 is 0 Å². The third-order valence-corrected chi connectivity index (χ3v) is 5.68. The summed E-state index contributed by atoms with van der Waals surface area (Å²) in [6, 6.07) is 9.22. The Balaban J connectivity index is 1.61. The summed E-state index contributed by atoms with van der Waals surface area (Å²) in [7, 11) is 0. The van der Waals surface area contributed by atoms with Gasteiger partial charge in [0.1, 0.15) is 17.1 Å². The molecule has 0 aliphatic carbocycles. The van der Waals surface area contributed by atoms with Gasteiger partial charge in [-0.15, -0.1) is 0 Å². The number of benzene rings is 1. The Hall–Kier alpha value is -3.06. The second kappa shape index (κ2) is 8.59. The van der Waals surface area contributed by atoms with Gasteiger partial charge in [-0.3, -0.25) is 4.79 Å². The number of hydrogen-bond donors (Lipinski definition) is 1. The SMILES string of the molecule is Cc1oc(C[C@H]2CCCCN2C(=O)c2ccccc2-c2ncccn2)nc1C(C)(C)O. The molecule has 4 rings (SSSR count). The van der Waals surface area contributed by atoms with Crippen molar-refractivity contribution in [1.82, 2.24) is 19.9 Å². The Kier molecular flexibility index (Phi) is 5.87. The Morgan fingerprint density at radius 3 is 2.65 bits per heavy atom. The van der Waals surface area contributed by atoms with Gasteiger partial charge in [0.15, 0.2) is 11.7 Å². The Labute approximate surface area is 182 Å². The van der Waals surface area contributed by atoms with Crippen molar-refractivity contribution in [1.29, 1.82) is 0 Å². The fourth-order valence-electron chi connectivity index (χ4n) is 4.25. The fourth-order valence-corrected chi connectivity index (χ4v) is 4.25. The predicted octanol–water partition coefficient (Wildman–Crippen LogP) is 3.90. The molecule has 1 aliphatic rings. The zero-order valence-corrected chi connectivity index (χ0v) is 18.2. The van der Waals surface area contributed by atoms with Crippen molar-refractivity contribution in [2.75, 3.05) is 6.54 Å². The number of aromatic nitrogens is 3. The van der Waals surface area contributed by atoms with Crippen LogP contribution in [0.4, 0.5) is 0 Å². The number of amides is 1. The first kappa shape index (κ1) is 21.2. The maximum Gasteiger partial charge on any atom is 0.254 e. The third kappa shape index (κ3) is 4.51. The molecular weight excluding hydrogens is 392 g/mol. The van der Waals surface area contributed by atoms with Crippen LogP contribution in [0.25, 0.3) is 11.4 Å². The van der Waals surface area contributed by atoms with Crippen molar-refractivity contribution in [2.45, 2.75) is 58.1 Å². The summed E-state index contributed by atoms with van der Waals surface area (Å²) in [6.45, 7) is 5.89. The van der Waals surface area contributed by atoms with E-state index in [2.05, 4.69) is 15.0 Å². The van der Waals surface area contributed by atoms with Crippen LogP contribution in [0.3, 0.4) is 0 Å². The molecule has 1 N–H and O–H groups in total. The first-order valence-electron chi connectivity index (χ1n) is 10.7. The normalized spacial score (nSPS) is 17.0. The van der Waals surface area contributed by atoms with Gasteiger partial charge in [-0.05, 0) is 52.2 Å². The Morgan fingerprint density at radius 1 is 1.19 bits per heavy atom.